The minimum absolute atomic E-state index is 0.330. The SMILES string of the molecule is CC.COC(=O)C(C)(C)CC(C)(C)C(=O)Cl. The van der Waals surface area contributed by atoms with E-state index >= 15 is 0 Å². The number of methoxy groups -OCH3 is 1. The lowest BCUT2D eigenvalue weighted by atomic mass is 9.76. The molecule has 16 heavy (non-hydrogen) atoms. The van der Waals surface area contributed by atoms with Gasteiger partial charge in [-0.1, -0.05) is 27.7 Å². The summed E-state index contributed by atoms with van der Waals surface area (Å²) in [7, 11) is 1.33. The van der Waals surface area contributed by atoms with Crippen LogP contribution in [-0.2, 0) is 14.3 Å². The molecule has 0 N–H and O–H groups in total. The molecule has 0 spiro atoms. The normalized spacial score (nSPS) is 11.2. The van der Waals surface area contributed by atoms with E-state index in [1.54, 1.807) is 27.7 Å². The maximum absolute atomic E-state index is 11.4. The summed E-state index contributed by atoms with van der Waals surface area (Å²) in [4.78, 5) is 22.4. The summed E-state index contributed by atoms with van der Waals surface area (Å²) in [5.41, 5.74) is -1.40. The number of carbonyl (C=O) groups excluding carboxylic acids is 2. The molecule has 0 rings (SSSR count). The lowest BCUT2D eigenvalue weighted by Gasteiger charge is -2.29. The first-order chi connectivity index (χ1) is 7.13. The van der Waals surface area contributed by atoms with Crippen LogP contribution in [0.15, 0.2) is 0 Å². The first kappa shape index (κ1) is 17.8. The first-order valence-electron chi connectivity index (χ1n) is 5.42. The molecule has 4 heteroatoms. The molecule has 0 aliphatic heterocycles. The number of rotatable bonds is 4. The second kappa shape index (κ2) is 6.89. The van der Waals surface area contributed by atoms with Crippen molar-refractivity contribution in [2.45, 2.75) is 48.0 Å². The van der Waals surface area contributed by atoms with E-state index in [-0.39, 0.29) is 5.97 Å². The molecule has 0 amide bonds. The number of halogens is 1. The number of ether oxygens (including phenoxy) is 1. The molecule has 0 atom stereocenters. The van der Waals surface area contributed by atoms with Crippen molar-refractivity contribution in [2.75, 3.05) is 7.11 Å². The predicted octanol–water partition coefficient (Wildman–Crippen LogP) is 3.39. The fourth-order valence-corrected chi connectivity index (χ4v) is 1.59. The maximum Gasteiger partial charge on any atom is 0.311 e. The van der Waals surface area contributed by atoms with Crippen LogP contribution < -0.4 is 0 Å². The Labute approximate surface area is 103 Å². The summed E-state index contributed by atoms with van der Waals surface area (Å²) in [6, 6.07) is 0. The maximum atomic E-state index is 11.4. The van der Waals surface area contributed by atoms with Gasteiger partial charge in [0.15, 0.2) is 0 Å². The van der Waals surface area contributed by atoms with Crippen molar-refractivity contribution in [3.05, 3.63) is 0 Å². The van der Waals surface area contributed by atoms with Crippen molar-refractivity contribution < 1.29 is 14.3 Å². The van der Waals surface area contributed by atoms with Crippen molar-refractivity contribution in [1.29, 1.82) is 0 Å². The summed E-state index contributed by atoms with van der Waals surface area (Å²) in [5, 5.41) is -0.436. The lowest BCUT2D eigenvalue weighted by Crippen LogP contribution is -2.34. The van der Waals surface area contributed by atoms with Gasteiger partial charge < -0.3 is 4.74 Å². The molecule has 0 aromatic heterocycles. The summed E-state index contributed by atoms with van der Waals surface area (Å²) >= 11 is 5.43. The van der Waals surface area contributed by atoms with Gasteiger partial charge in [0.25, 0.3) is 0 Å². The monoisotopic (exact) mass is 250 g/mol. The molecular weight excluding hydrogens is 228 g/mol. The van der Waals surface area contributed by atoms with E-state index in [0.29, 0.717) is 6.42 Å². The van der Waals surface area contributed by atoms with E-state index < -0.39 is 16.1 Å². The van der Waals surface area contributed by atoms with Crippen LogP contribution in [-0.4, -0.2) is 18.3 Å². The van der Waals surface area contributed by atoms with E-state index in [2.05, 4.69) is 4.74 Å². The van der Waals surface area contributed by atoms with Crippen LogP contribution in [0.4, 0.5) is 0 Å². The molecule has 3 nitrogen and oxygen atoms in total. The third-order valence-electron chi connectivity index (χ3n) is 2.15. The molecule has 0 aliphatic rings. The topological polar surface area (TPSA) is 43.4 Å². The van der Waals surface area contributed by atoms with Gasteiger partial charge in [0.2, 0.25) is 5.24 Å². The zero-order valence-corrected chi connectivity index (χ0v) is 12.1. The molecule has 0 aromatic carbocycles. The van der Waals surface area contributed by atoms with Gasteiger partial charge in [-0.2, -0.15) is 0 Å². The summed E-state index contributed by atoms with van der Waals surface area (Å²) in [6.07, 6.45) is 0.370. The first-order valence-corrected chi connectivity index (χ1v) is 5.79. The summed E-state index contributed by atoms with van der Waals surface area (Å²) in [6.45, 7) is 10.9. The Kier molecular flexibility index (Phi) is 7.68. The van der Waals surface area contributed by atoms with Gasteiger partial charge in [0, 0.05) is 5.41 Å². The van der Waals surface area contributed by atoms with Crippen LogP contribution in [0.5, 0.6) is 0 Å². The molecule has 0 aromatic rings. The van der Waals surface area contributed by atoms with Gasteiger partial charge >= 0.3 is 5.97 Å². The highest BCUT2D eigenvalue weighted by molar-refractivity contribution is 6.64. The van der Waals surface area contributed by atoms with E-state index in [1.807, 2.05) is 13.8 Å². The Bertz CT molecular complexity index is 245. The van der Waals surface area contributed by atoms with Gasteiger partial charge in [-0.25, -0.2) is 0 Å². The molecule has 0 heterocycles. The predicted molar refractivity (Wildman–Crippen MR) is 66.4 cm³/mol. The van der Waals surface area contributed by atoms with E-state index in [0.717, 1.165) is 0 Å². The second-order valence-corrected chi connectivity index (χ2v) is 5.05. The molecule has 0 saturated carbocycles. The van der Waals surface area contributed by atoms with Crippen molar-refractivity contribution >= 4 is 22.8 Å². The molecular formula is C12H23ClO3. The summed E-state index contributed by atoms with van der Waals surface area (Å²) < 4.78 is 4.65. The number of carbonyl (C=O) groups is 2. The average molecular weight is 251 g/mol. The molecule has 96 valence electrons. The van der Waals surface area contributed by atoms with E-state index in [9.17, 15) is 9.59 Å². The molecule has 0 radical (unpaired) electrons. The van der Waals surface area contributed by atoms with Gasteiger partial charge in [0.1, 0.15) is 0 Å². The van der Waals surface area contributed by atoms with Crippen molar-refractivity contribution in [2.24, 2.45) is 10.8 Å². The number of esters is 1. The van der Waals surface area contributed by atoms with Crippen LogP contribution in [0, 0.1) is 10.8 Å². The zero-order chi connectivity index (χ0) is 13.6. The Balaban J connectivity index is 0. The van der Waals surface area contributed by atoms with Gasteiger partial charge in [-0.05, 0) is 31.9 Å². The second-order valence-electron chi connectivity index (χ2n) is 4.71. The fourth-order valence-electron chi connectivity index (χ4n) is 1.52. The molecule has 0 saturated heterocycles. The van der Waals surface area contributed by atoms with Crippen molar-refractivity contribution in [3.63, 3.8) is 0 Å². The van der Waals surface area contributed by atoms with Crippen LogP contribution in [0.1, 0.15) is 48.0 Å². The Morgan fingerprint density at radius 3 is 1.69 bits per heavy atom. The lowest BCUT2D eigenvalue weighted by molar-refractivity contribution is -0.152. The highest BCUT2D eigenvalue weighted by atomic mass is 35.5. The third kappa shape index (κ3) is 5.50. The molecule has 0 aliphatic carbocycles. The van der Waals surface area contributed by atoms with Crippen LogP contribution in [0.3, 0.4) is 0 Å². The molecule has 0 unspecified atom stereocenters. The highest BCUT2D eigenvalue weighted by Crippen LogP contribution is 2.36. The van der Waals surface area contributed by atoms with Crippen molar-refractivity contribution in [3.8, 4) is 0 Å². The Morgan fingerprint density at radius 1 is 1.06 bits per heavy atom. The quantitative estimate of drug-likeness (QED) is 0.567. The highest BCUT2D eigenvalue weighted by Gasteiger charge is 2.38. The standard InChI is InChI=1S/C10H17ClO3.C2H6/c1-9(2,7(11)12)6-10(3,4)8(13)14-5;1-2/h6H2,1-5H3;1-2H3. The third-order valence-corrected chi connectivity index (χ3v) is 2.67. The minimum Gasteiger partial charge on any atom is -0.469 e. The number of hydrogen-bond donors (Lipinski definition) is 0. The minimum atomic E-state index is -0.709. The van der Waals surface area contributed by atoms with Crippen LogP contribution in [0.2, 0.25) is 0 Å². The molecule has 0 fully saturated rings. The summed E-state index contributed by atoms with van der Waals surface area (Å²) in [5.74, 6) is -0.330. The van der Waals surface area contributed by atoms with Gasteiger partial charge in [-0.3, -0.25) is 9.59 Å². The Hall–Kier alpha value is -0.570. The zero-order valence-electron chi connectivity index (χ0n) is 11.3. The van der Waals surface area contributed by atoms with Crippen molar-refractivity contribution in [1.82, 2.24) is 0 Å². The Morgan fingerprint density at radius 2 is 1.44 bits per heavy atom. The van der Waals surface area contributed by atoms with Gasteiger partial charge in [0.05, 0.1) is 12.5 Å². The van der Waals surface area contributed by atoms with Crippen LogP contribution >= 0.6 is 11.6 Å². The smallest absolute Gasteiger partial charge is 0.311 e. The fraction of sp³-hybridized carbons (Fsp3) is 0.833. The molecule has 0 bridgehead atoms. The van der Waals surface area contributed by atoms with Crippen LogP contribution in [0.25, 0.3) is 0 Å². The van der Waals surface area contributed by atoms with E-state index in [1.165, 1.54) is 7.11 Å². The van der Waals surface area contributed by atoms with E-state index in [4.69, 9.17) is 11.6 Å². The average Bonchev–Trinajstić information content (AvgIpc) is 2.17. The largest absolute Gasteiger partial charge is 0.469 e. The van der Waals surface area contributed by atoms with Gasteiger partial charge in [-0.15, -0.1) is 0 Å². The number of hydrogen-bond acceptors (Lipinski definition) is 3.